The van der Waals surface area contributed by atoms with Gasteiger partial charge in [-0.25, -0.2) is 0 Å². The van der Waals surface area contributed by atoms with Gasteiger partial charge in [0, 0.05) is 13.0 Å². The van der Waals surface area contributed by atoms with E-state index in [9.17, 15) is 13.2 Å². The minimum Gasteiger partial charge on any atom is -0.378 e. The van der Waals surface area contributed by atoms with E-state index in [1.807, 2.05) is 0 Å². The van der Waals surface area contributed by atoms with Crippen LogP contribution in [0.25, 0.3) is 0 Å². The quantitative estimate of drug-likeness (QED) is 0.433. The highest BCUT2D eigenvalue weighted by Gasteiger charge is 2.36. The van der Waals surface area contributed by atoms with E-state index >= 15 is 0 Å². The lowest BCUT2D eigenvalue weighted by atomic mass is 9.70. The molecular formula is C20H35F3O. The van der Waals surface area contributed by atoms with Gasteiger partial charge in [-0.3, -0.25) is 0 Å². The summed E-state index contributed by atoms with van der Waals surface area (Å²) in [5, 5.41) is 0. The number of rotatable bonds is 8. The summed E-state index contributed by atoms with van der Waals surface area (Å²) in [7, 11) is 0. The number of alkyl halides is 3. The molecule has 2 aliphatic rings. The summed E-state index contributed by atoms with van der Waals surface area (Å²) in [4.78, 5) is 0. The third-order valence-electron chi connectivity index (χ3n) is 6.15. The van der Waals surface area contributed by atoms with Crippen molar-refractivity contribution in [3.05, 3.63) is 0 Å². The van der Waals surface area contributed by atoms with Gasteiger partial charge in [-0.05, 0) is 75.5 Å². The minimum atomic E-state index is -3.98. The van der Waals surface area contributed by atoms with Gasteiger partial charge in [0.2, 0.25) is 0 Å². The zero-order chi connectivity index (χ0) is 17.4. The first-order valence-electron chi connectivity index (χ1n) is 10.2. The van der Waals surface area contributed by atoms with Crippen molar-refractivity contribution in [3.63, 3.8) is 0 Å². The van der Waals surface area contributed by atoms with Crippen molar-refractivity contribution >= 4 is 0 Å². The average Bonchev–Trinajstić information content (AvgIpc) is 2.55. The van der Waals surface area contributed by atoms with Crippen molar-refractivity contribution in [2.24, 2.45) is 17.8 Å². The molecule has 0 aromatic rings. The fourth-order valence-corrected chi connectivity index (χ4v) is 4.70. The zero-order valence-electron chi connectivity index (χ0n) is 15.3. The summed E-state index contributed by atoms with van der Waals surface area (Å²) < 4.78 is 43.5. The maximum absolute atomic E-state index is 12.5. The van der Waals surface area contributed by atoms with Crippen LogP contribution in [0, 0.1) is 17.8 Å². The lowest BCUT2D eigenvalue weighted by Crippen LogP contribution is -2.29. The van der Waals surface area contributed by atoms with Crippen LogP contribution in [0.4, 0.5) is 13.2 Å². The predicted molar refractivity (Wildman–Crippen MR) is 92.0 cm³/mol. The Bertz CT molecular complexity index is 326. The third kappa shape index (κ3) is 7.33. The summed E-state index contributed by atoms with van der Waals surface area (Å²) in [6.45, 7) is 3.12. The largest absolute Gasteiger partial charge is 0.389 e. The van der Waals surface area contributed by atoms with E-state index in [0.717, 1.165) is 51.0 Å². The van der Waals surface area contributed by atoms with Gasteiger partial charge >= 0.3 is 6.18 Å². The molecule has 1 nitrogen and oxygen atoms in total. The molecule has 0 radical (unpaired) electrons. The highest BCUT2D eigenvalue weighted by Crippen LogP contribution is 2.43. The Morgan fingerprint density at radius 2 is 1.38 bits per heavy atom. The molecule has 24 heavy (non-hydrogen) atoms. The number of halogens is 3. The smallest absolute Gasteiger partial charge is 0.378 e. The molecule has 2 aliphatic carbocycles. The van der Waals surface area contributed by atoms with Crippen molar-refractivity contribution in [2.45, 2.75) is 103 Å². The molecule has 0 amide bonds. The van der Waals surface area contributed by atoms with Crippen LogP contribution in [0.5, 0.6) is 0 Å². The predicted octanol–water partition coefficient (Wildman–Crippen LogP) is 6.90. The number of unbranched alkanes of at least 4 members (excludes halogenated alkanes) is 3. The van der Waals surface area contributed by atoms with Gasteiger partial charge in [0.25, 0.3) is 0 Å². The first-order valence-corrected chi connectivity index (χ1v) is 10.2. The molecule has 0 N–H and O–H groups in total. The van der Waals surface area contributed by atoms with Crippen LogP contribution in [-0.2, 0) is 4.74 Å². The number of ether oxygens (including phenoxy) is 1. The number of hydrogen-bond acceptors (Lipinski definition) is 1. The van der Waals surface area contributed by atoms with Crippen LogP contribution in [-0.4, -0.2) is 18.9 Å². The lowest BCUT2D eigenvalue weighted by Gasteiger charge is -2.38. The van der Waals surface area contributed by atoms with Crippen molar-refractivity contribution in [1.82, 2.24) is 0 Å². The van der Waals surface area contributed by atoms with E-state index in [0.29, 0.717) is 12.0 Å². The molecule has 2 fully saturated rings. The van der Waals surface area contributed by atoms with E-state index in [1.165, 1.54) is 38.5 Å². The normalized spacial score (nSPS) is 32.0. The molecular weight excluding hydrogens is 313 g/mol. The van der Waals surface area contributed by atoms with Crippen molar-refractivity contribution < 1.29 is 17.9 Å². The Morgan fingerprint density at radius 1 is 0.792 bits per heavy atom. The second-order valence-electron chi connectivity index (χ2n) is 8.07. The van der Waals surface area contributed by atoms with Crippen LogP contribution in [0.1, 0.15) is 90.4 Å². The maximum atomic E-state index is 12.5. The summed E-state index contributed by atoms with van der Waals surface area (Å²) in [5.74, 6) is 1.28. The van der Waals surface area contributed by atoms with Crippen LogP contribution in [0.15, 0.2) is 0 Å². The van der Waals surface area contributed by atoms with Gasteiger partial charge in [0.15, 0.2) is 0 Å². The Labute approximate surface area is 145 Å². The molecule has 2 saturated carbocycles. The van der Waals surface area contributed by atoms with E-state index in [2.05, 4.69) is 6.92 Å². The molecule has 0 saturated heterocycles. The van der Waals surface area contributed by atoms with Gasteiger partial charge in [0.05, 0.1) is 6.10 Å². The Balaban J connectivity index is 1.58. The zero-order valence-corrected chi connectivity index (χ0v) is 15.3. The molecule has 0 heterocycles. The minimum absolute atomic E-state index is 0.121. The van der Waals surface area contributed by atoms with Gasteiger partial charge in [-0.1, -0.05) is 26.2 Å². The van der Waals surface area contributed by atoms with Crippen molar-refractivity contribution in [2.75, 3.05) is 6.61 Å². The van der Waals surface area contributed by atoms with E-state index < -0.39 is 12.6 Å². The molecule has 0 atom stereocenters. The Kier molecular flexibility index (Phi) is 8.39. The molecule has 0 aromatic heterocycles. The van der Waals surface area contributed by atoms with E-state index in [-0.39, 0.29) is 5.92 Å². The molecule has 0 bridgehead atoms. The summed E-state index contributed by atoms with van der Waals surface area (Å²) in [5.41, 5.74) is 0. The average molecular weight is 348 g/mol. The first-order chi connectivity index (χ1) is 11.5. The topological polar surface area (TPSA) is 9.23 Å². The summed E-state index contributed by atoms with van der Waals surface area (Å²) >= 11 is 0. The SMILES string of the molecule is CCCCCCOC1CCC(C2CCC(CC(F)(F)F)CC2)CC1. The van der Waals surface area contributed by atoms with Gasteiger partial charge in [0.1, 0.15) is 0 Å². The van der Waals surface area contributed by atoms with Crippen LogP contribution in [0.2, 0.25) is 0 Å². The van der Waals surface area contributed by atoms with Crippen LogP contribution < -0.4 is 0 Å². The molecule has 2 rings (SSSR count). The van der Waals surface area contributed by atoms with Crippen molar-refractivity contribution in [1.29, 1.82) is 0 Å². The van der Waals surface area contributed by atoms with E-state index in [1.54, 1.807) is 0 Å². The van der Waals surface area contributed by atoms with Crippen molar-refractivity contribution in [3.8, 4) is 0 Å². The summed E-state index contributed by atoms with van der Waals surface area (Å²) in [6, 6.07) is 0. The van der Waals surface area contributed by atoms with E-state index in [4.69, 9.17) is 4.74 Å². The second-order valence-corrected chi connectivity index (χ2v) is 8.07. The molecule has 0 aliphatic heterocycles. The second kappa shape index (κ2) is 10.0. The molecule has 142 valence electrons. The van der Waals surface area contributed by atoms with Crippen LogP contribution >= 0.6 is 0 Å². The lowest BCUT2D eigenvalue weighted by molar-refractivity contribution is -0.147. The fourth-order valence-electron chi connectivity index (χ4n) is 4.70. The third-order valence-corrected chi connectivity index (χ3v) is 6.15. The Hall–Kier alpha value is -0.250. The monoisotopic (exact) mass is 348 g/mol. The Morgan fingerprint density at radius 3 is 1.92 bits per heavy atom. The fraction of sp³-hybridized carbons (Fsp3) is 1.00. The highest BCUT2D eigenvalue weighted by molar-refractivity contribution is 4.83. The highest BCUT2D eigenvalue weighted by atomic mass is 19.4. The van der Waals surface area contributed by atoms with Gasteiger partial charge in [-0.15, -0.1) is 0 Å². The standard InChI is InChI=1S/C20H35F3O/c1-2-3-4-5-14-24-19-12-10-18(11-13-19)17-8-6-16(7-9-17)15-20(21,22)23/h16-19H,2-15H2,1H3. The maximum Gasteiger partial charge on any atom is 0.389 e. The summed E-state index contributed by atoms with van der Waals surface area (Å²) in [6.07, 6.45) is 9.20. The van der Waals surface area contributed by atoms with Gasteiger partial charge in [-0.2, -0.15) is 13.2 Å². The molecule has 0 unspecified atom stereocenters. The van der Waals surface area contributed by atoms with Gasteiger partial charge < -0.3 is 4.74 Å². The number of hydrogen-bond donors (Lipinski definition) is 0. The first kappa shape index (κ1) is 20.1. The molecule has 0 spiro atoms. The molecule has 0 aromatic carbocycles. The molecule has 4 heteroatoms. The van der Waals surface area contributed by atoms with Crippen LogP contribution in [0.3, 0.4) is 0 Å².